The number of ether oxygens (including phenoxy) is 1. The molecule has 6 heteroatoms. The first-order valence-electron chi connectivity index (χ1n) is 6.69. The van der Waals surface area contributed by atoms with Gasteiger partial charge in [-0.25, -0.2) is 8.78 Å². The molecule has 0 aromatic heterocycles. The predicted octanol–water partition coefficient (Wildman–Crippen LogP) is 3.28. The van der Waals surface area contributed by atoms with Gasteiger partial charge in [0, 0.05) is 30.6 Å². The summed E-state index contributed by atoms with van der Waals surface area (Å²) in [5.41, 5.74) is 1.51. The third-order valence-corrected chi connectivity index (χ3v) is 2.96. The molecule has 22 heavy (non-hydrogen) atoms. The van der Waals surface area contributed by atoms with E-state index in [0.717, 1.165) is 17.8 Å². The molecular formula is C16H16F2N2O2. The number of amides is 1. The van der Waals surface area contributed by atoms with Gasteiger partial charge in [0.05, 0.1) is 6.61 Å². The molecule has 2 rings (SSSR count). The Bertz CT molecular complexity index is 645. The van der Waals surface area contributed by atoms with E-state index in [1.807, 2.05) is 0 Å². The van der Waals surface area contributed by atoms with Crippen molar-refractivity contribution in [2.24, 2.45) is 0 Å². The molecule has 2 N–H and O–H groups in total. The van der Waals surface area contributed by atoms with Crippen molar-refractivity contribution < 1.29 is 18.3 Å². The molecule has 0 aliphatic carbocycles. The molecule has 2 aromatic rings. The monoisotopic (exact) mass is 306 g/mol. The van der Waals surface area contributed by atoms with Crippen molar-refractivity contribution >= 4 is 17.3 Å². The lowest BCUT2D eigenvalue weighted by molar-refractivity contribution is 0.102. The number of anilines is 2. The van der Waals surface area contributed by atoms with E-state index in [2.05, 4.69) is 10.6 Å². The Morgan fingerprint density at radius 3 is 2.36 bits per heavy atom. The zero-order chi connectivity index (χ0) is 15.9. The largest absolute Gasteiger partial charge is 0.383 e. The average molecular weight is 306 g/mol. The molecule has 0 saturated heterocycles. The van der Waals surface area contributed by atoms with E-state index in [0.29, 0.717) is 18.8 Å². The number of hydrogen-bond acceptors (Lipinski definition) is 3. The first-order valence-corrected chi connectivity index (χ1v) is 6.69. The molecule has 0 aliphatic heterocycles. The van der Waals surface area contributed by atoms with E-state index in [-0.39, 0.29) is 5.56 Å². The smallest absolute Gasteiger partial charge is 0.255 e. The van der Waals surface area contributed by atoms with Crippen molar-refractivity contribution in [2.45, 2.75) is 0 Å². The number of nitrogens with one attached hydrogen (secondary N) is 2. The second kappa shape index (κ2) is 7.51. The standard InChI is InChI=1S/C16H16F2N2O2/c1-22-9-8-19-12-3-5-13(6-4-12)20-16(21)11-2-7-14(17)15(18)10-11/h2-7,10,19H,8-9H2,1H3,(H,20,21). The minimum Gasteiger partial charge on any atom is -0.383 e. The molecule has 0 unspecified atom stereocenters. The van der Waals surface area contributed by atoms with Crippen LogP contribution in [0, 0.1) is 11.6 Å². The first-order chi connectivity index (χ1) is 10.6. The van der Waals surface area contributed by atoms with Gasteiger partial charge in [-0.1, -0.05) is 0 Å². The van der Waals surface area contributed by atoms with Crippen LogP contribution in [0.15, 0.2) is 42.5 Å². The predicted molar refractivity (Wildman–Crippen MR) is 81.1 cm³/mol. The maximum absolute atomic E-state index is 13.1. The van der Waals surface area contributed by atoms with Crippen molar-refractivity contribution in [3.05, 3.63) is 59.7 Å². The molecular weight excluding hydrogens is 290 g/mol. The second-order valence-corrected chi connectivity index (χ2v) is 4.58. The summed E-state index contributed by atoms with van der Waals surface area (Å²) in [6, 6.07) is 10.1. The fourth-order valence-electron chi connectivity index (χ4n) is 1.81. The minimum absolute atomic E-state index is 0.0567. The van der Waals surface area contributed by atoms with Crippen LogP contribution in [0.1, 0.15) is 10.4 Å². The molecule has 0 aliphatic rings. The van der Waals surface area contributed by atoms with Gasteiger partial charge in [0.2, 0.25) is 0 Å². The van der Waals surface area contributed by atoms with Crippen LogP contribution in [0.2, 0.25) is 0 Å². The highest BCUT2D eigenvalue weighted by Crippen LogP contribution is 2.15. The maximum Gasteiger partial charge on any atom is 0.255 e. The number of methoxy groups -OCH3 is 1. The van der Waals surface area contributed by atoms with Crippen LogP contribution in [-0.4, -0.2) is 26.2 Å². The Kier molecular flexibility index (Phi) is 5.43. The molecule has 0 saturated carbocycles. The third kappa shape index (κ3) is 4.26. The number of hydrogen-bond donors (Lipinski definition) is 2. The van der Waals surface area contributed by atoms with Gasteiger partial charge in [-0.05, 0) is 42.5 Å². The third-order valence-electron chi connectivity index (χ3n) is 2.96. The van der Waals surface area contributed by atoms with Gasteiger partial charge in [0.15, 0.2) is 11.6 Å². The molecule has 116 valence electrons. The fraction of sp³-hybridized carbons (Fsp3) is 0.188. The van der Waals surface area contributed by atoms with E-state index < -0.39 is 17.5 Å². The molecule has 0 bridgehead atoms. The lowest BCUT2D eigenvalue weighted by atomic mass is 10.2. The summed E-state index contributed by atoms with van der Waals surface area (Å²) in [6.45, 7) is 1.27. The zero-order valence-corrected chi connectivity index (χ0v) is 12.0. The Labute approximate surface area is 127 Å². The summed E-state index contributed by atoms with van der Waals surface area (Å²) in [5, 5.41) is 5.76. The number of carbonyl (C=O) groups is 1. The van der Waals surface area contributed by atoms with E-state index in [1.54, 1.807) is 31.4 Å². The summed E-state index contributed by atoms with van der Waals surface area (Å²) >= 11 is 0. The van der Waals surface area contributed by atoms with Crippen molar-refractivity contribution in [1.82, 2.24) is 0 Å². The normalized spacial score (nSPS) is 10.3. The first kappa shape index (κ1) is 15.9. The number of carbonyl (C=O) groups excluding carboxylic acids is 1. The van der Waals surface area contributed by atoms with Crippen molar-refractivity contribution in [3.63, 3.8) is 0 Å². The molecule has 0 heterocycles. The van der Waals surface area contributed by atoms with E-state index in [4.69, 9.17) is 4.74 Å². The molecule has 0 atom stereocenters. The molecule has 0 spiro atoms. The quantitative estimate of drug-likeness (QED) is 0.805. The lowest BCUT2D eigenvalue weighted by Gasteiger charge is -2.08. The van der Waals surface area contributed by atoms with Gasteiger partial charge in [0.1, 0.15) is 0 Å². The van der Waals surface area contributed by atoms with Gasteiger partial charge in [-0.15, -0.1) is 0 Å². The Morgan fingerprint density at radius 2 is 1.73 bits per heavy atom. The summed E-state index contributed by atoms with van der Waals surface area (Å²) in [7, 11) is 1.62. The maximum atomic E-state index is 13.1. The van der Waals surface area contributed by atoms with Crippen LogP contribution in [0.4, 0.5) is 20.2 Å². The summed E-state index contributed by atoms with van der Waals surface area (Å²) < 4.78 is 30.9. The van der Waals surface area contributed by atoms with E-state index >= 15 is 0 Å². The van der Waals surface area contributed by atoms with Crippen molar-refractivity contribution in [1.29, 1.82) is 0 Å². The Hall–Kier alpha value is -2.47. The number of rotatable bonds is 6. The summed E-state index contributed by atoms with van der Waals surface area (Å²) in [5.74, 6) is -2.53. The van der Waals surface area contributed by atoms with Crippen LogP contribution >= 0.6 is 0 Å². The van der Waals surface area contributed by atoms with Crippen molar-refractivity contribution in [2.75, 3.05) is 30.9 Å². The van der Waals surface area contributed by atoms with Gasteiger partial charge in [-0.2, -0.15) is 0 Å². The van der Waals surface area contributed by atoms with Crippen LogP contribution in [-0.2, 0) is 4.74 Å². The highest BCUT2D eigenvalue weighted by atomic mass is 19.2. The topological polar surface area (TPSA) is 50.4 Å². The average Bonchev–Trinajstić information content (AvgIpc) is 2.52. The van der Waals surface area contributed by atoms with E-state index in [1.165, 1.54) is 6.07 Å². The van der Waals surface area contributed by atoms with Crippen LogP contribution in [0.25, 0.3) is 0 Å². The molecule has 2 aromatic carbocycles. The van der Waals surface area contributed by atoms with Gasteiger partial charge < -0.3 is 15.4 Å². The van der Waals surface area contributed by atoms with Crippen LogP contribution < -0.4 is 10.6 Å². The SMILES string of the molecule is COCCNc1ccc(NC(=O)c2ccc(F)c(F)c2)cc1. The molecule has 0 fully saturated rings. The van der Waals surface area contributed by atoms with E-state index in [9.17, 15) is 13.6 Å². The second-order valence-electron chi connectivity index (χ2n) is 4.58. The summed E-state index contributed by atoms with van der Waals surface area (Å²) in [6.07, 6.45) is 0. The lowest BCUT2D eigenvalue weighted by Crippen LogP contribution is -2.12. The molecule has 0 radical (unpaired) electrons. The van der Waals surface area contributed by atoms with Gasteiger partial charge in [-0.3, -0.25) is 4.79 Å². The number of benzene rings is 2. The Morgan fingerprint density at radius 1 is 1.05 bits per heavy atom. The van der Waals surface area contributed by atoms with Gasteiger partial charge >= 0.3 is 0 Å². The highest BCUT2D eigenvalue weighted by Gasteiger charge is 2.09. The van der Waals surface area contributed by atoms with Crippen LogP contribution in [0.3, 0.4) is 0 Å². The molecule has 1 amide bonds. The Balaban J connectivity index is 1.97. The van der Waals surface area contributed by atoms with Crippen molar-refractivity contribution in [3.8, 4) is 0 Å². The molecule has 4 nitrogen and oxygen atoms in total. The van der Waals surface area contributed by atoms with Gasteiger partial charge in [0.25, 0.3) is 5.91 Å². The summed E-state index contributed by atoms with van der Waals surface area (Å²) in [4.78, 5) is 11.9. The highest BCUT2D eigenvalue weighted by molar-refractivity contribution is 6.04. The van der Waals surface area contributed by atoms with Crippen LogP contribution in [0.5, 0.6) is 0 Å². The minimum atomic E-state index is -1.05. The fourth-order valence-corrected chi connectivity index (χ4v) is 1.81. The number of halogens is 2. The zero-order valence-electron chi connectivity index (χ0n) is 12.0.